The van der Waals surface area contributed by atoms with E-state index < -0.39 is 0 Å². The zero-order chi connectivity index (χ0) is 17.9. The van der Waals surface area contributed by atoms with Gasteiger partial charge in [-0.3, -0.25) is 20.5 Å². The van der Waals surface area contributed by atoms with Crippen molar-refractivity contribution >= 4 is 5.91 Å². The van der Waals surface area contributed by atoms with Gasteiger partial charge in [0.15, 0.2) is 0 Å². The van der Waals surface area contributed by atoms with E-state index in [1.54, 1.807) is 0 Å². The van der Waals surface area contributed by atoms with Crippen LogP contribution in [-0.2, 0) is 17.6 Å². The highest BCUT2D eigenvalue weighted by Gasteiger charge is 2.36. The van der Waals surface area contributed by atoms with Crippen molar-refractivity contribution in [2.45, 2.75) is 51.1 Å². The van der Waals surface area contributed by atoms with Gasteiger partial charge in [0.25, 0.3) is 0 Å². The second-order valence-corrected chi connectivity index (χ2v) is 8.05. The molecular formula is C21H32N4O. The number of nitrogens with zero attached hydrogens (tertiary/aromatic N) is 2. The molecule has 3 unspecified atom stereocenters. The minimum absolute atomic E-state index is 0.100. The molecule has 0 radical (unpaired) electrons. The molecule has 4 rings (SSSR count). The van der Waals surface area contributed by atoms with Crippen LogP contribution in [0.4, 0.5) is 0 Å². The molecule has 1 aliphatic carbocycles. The Labute approximate surface area is 157 Å². The Morgan fingerprint density at radius 1 is 1.15 bits per heavy atom. The SMILES string of the molecule is CCCC1NNCC1C(=O)N1CCN(C2CCc3ccccc3C2)CC1. The van der Waals surface area contributed by atoms with E-state index in [-0.39, 0.29) is 5.92 Å². The molecule has 0 aromatic heterocycles. The summed E-state index contributed by atoms with van der Waals surface area (Å²) in [7, 11) is 0. The maximum atomic E-state index is 13.0. The number of nitrogens with one attached hydrogen (secondary N) is 2. The lowest BCUT2D eigenvalue weighted by molar-refractivity contribution is -0.137. The number of hydrogen-bond acceptors (Lipinski definition) is 4. The summed E-state index contributed by atoms with van der Waals surface area (Å²) in [4.78, 5) is 17.7. The van der Waals surface area contributed by atoms with E-state index in [4.69, 9.17) is 0 Å². The maximum Gasteiger partial charge on any atom is 0.228 e. The molecule has 2 saturated heterocycles. The van der Waals surface area contributed by atoms with Gasteiger partial charge in [-0.1, -0.05) is 37.6 Å². The molecule has 1 aromatic carbocycles. The Balaban J connectivity index is 1.31. The molecule has 2 aliphatic heterocycles. The van der Waals surface area contributed by atoms with Gasteiger partial charge in [-0.15, -0.1) is 0 Å². The van der Waals surface area contributed by atoms with E-state index in [1.807, 2.05) is 0 Å². The van der Waals surface area contributed by atoms with Crippen LogP contribution in [0.3, 0.4) is 0 Å². The van der Waals surface area contributed by atoms with E-state index in [0.29, 0.717) is 18.0 Å². The molecule has 5 heteroatoms. The van der Waals surface area contributed by atoms with Gasteiger partial charge in [0, 0.05) is 44.8 Å². The van der Waals surface area contributed by atoms with Gasteiger partial charge in [0.1, 0.15) is 0 Å². The van der Waals surface area contributed by atoms with Gasteiger partial charge < -0.3 is 4.90 Å². The summed E-state index contributed by atoms with van der Waals surface area (Å²) < 4.78 is 0. The molecule has 2 fully saturated rings. The largest absolute Gasteiger partial charge is 0.340 e. The van der Waals surface area contributed by atoms with E-state index in [2.05, 4.69) is 51.8 Å². The third-order valence-corrected chi connectivity index (χ3v) is 6.48. The molecule has 26 heavy (non-hydrogen) atoms. The Morgan fingerprint density at radius 3 is 2.69 bits per heavy atom. The normalized spacial score (nSPS) is 29.6. The fourth-order valence-electron chi connectivity index (χ4n) is 4.92. The average Bonchev–Trinajstić information content (AvgIpc) is 3.16. The number of aryl methyl sites for hydroxylation is 1. The van der Waals surface area contributed by atoms with Crippen molar-refractivity contribution in [3.63, 3.8) is 0 Å². The number of hydrogen-bond donors (Lipinski definition) is 2. The van der Waals surface area contributed by atoms with Gasteiger partial charge in [0.2, 0.25) is 5.91 Å². The van der Waals surface area contributed by atoms with Crippen LogP contribution in [0.15, 0.2) is 24.3 Å². The van der Waals surface area contributed by atoms with Crippen molar-refractivity contribution in [2.24, 2.45) is 5.92 Å². The number of hydrazine groups is 1. The predicted molar refractivity (Wildman–Crippen MR) is 104 cm³/mol. The van der Waals surface area contributed by atoms with E-state index in [1.165, 1.54) is 30.4 Å². The maximum absolute atomic E-state index is 13.0. The van der Waals surface area contributed by atoms with Crippen LogP contribution in [0.25, 0.3) is 0 Å². The highest BCUT2D eigenvalue weighted by atomic mass is 16.2. The molecule has 2 heterocycles. The number of carbonyl (C=O) groups is 1. The van der Waals surface area contributed by atoms with Crippen molar-refractivity contribution in [1.82, 2.24) is 20.7 Å². The standard InChI is InChI=1S/C21H32N4O/c1-2-5-20-19(15-22-23-20)21(26)25-12-10-24(11-13-25)18-9-8-16-6-3-4-7-17(16)14-18/h3-4,6-7,18-20,22-23H,2,5,8-15H2,1H3. The molecule has 3 aliphatic rings. The molecule has 5 nitrogen and oxygen atoms in total. The van der Waals surface area contributed by atoms with Gasteiger partial charge in [-0.25, -0.2) is 0 Å². The molecule has 2 N–H and O–H groups in total. The van der Waals surface area contributed by atoms with Crippen molar-refractivity contribution in [3.05, 3.63) is 35.4 Å². The minimum Gasteiger partial charge on any atom is -0.340 e. The van der Waals surface area contributed by atoms with Crippen LogP contribution in [0.1, 0.15) is 37.3 Å². The van der Waals surface area contributed by atoms with Crippen LogP contribution in [0.5, 0.6) is 0 Å². The fourth-order valence-corrected chi connectivity index (χ4v) is 4.92. The Bertz CT molecular complexity index is 626. The summed E-state index contributed by atoms with van der Waals surface area (Å²) in [5.41, 5.74) is 9.53. The minimum atomic E-state index is 0.100. The first-order valence-electron chi connectivity index (χ1n) is 10.3. The monoisotopic (exact) mass is 356 g/mol. The smallest absolute Gasteiger partial charge is 0.228 e. The number of benzene rings is 1. The Kier molecular flexibility index (Phi) is 5.57. The summed E-state index contributed by atoms with van der Waals surface area (Å²) >= 11 is 0. The fraction of sp³-hybridized carbons (Fsp3) is 0.667. The Morgan fingerprint density at radius 2 is 1.92 bits per heavy atom. The van der Waals surface area contributed by atoms with Crippen molar-refractivity contribution in [3.8, 4) is 0 Å². The number of carbonyl (C=O) groups excluding carboxylic acids is 1. The first-order chi connectivity index (χ1) is 12.8. The third-order valence-electron chi connectivity index (χ3n) is 6.48. The van der Waals surface area contributed by atoms with E-state index in [9.17, 15) is 4.79 Å². The predicted octanol–water partition coefficient (Wildman–Crippen LogP) is 1.58. The van der Waals surface area contributed by atoms with Gasteiger partial charge in [0.05, 0.1) is 5.92 Å². The number of fused-ring (bicyclic) bond motifs is 1. The first-order valence-corrected chi connectivity index (χ1v) is 10.3. The molecule has 0 bridgehead atoms. The van der Waals surface area contributed by atoms with Crippen molar-refractivity contribution in [1.29, 1.82) is 0 Å². The lowest BCUT2D eigenvalue weighted by Gasteiger charge is -2.42. The van der Waals surface area contributed by atoms with Gasteiger partial charge in [-0.05, 0) is 36.8 Å². The van der Waals surface area contributed by atoms with E-state index in [0.717, 1.165) is 45.6 Å². The van der Waals surface area contributed by atoms with Crippen LogP contribution in [-0.4, -0.2) is 60.5 Å². The molecule has 142 valence electrons. The van der Waals surface area contributed by atoms with Crippen LogP contribution < -0.4 is 10.9 Å². The number of amides is 1. The summed E-state index contributed by atoms with van der Waals surface area (Å²) in [6.07, 6.45) is 5.78. The molecule has 0 spiro atoms. The summed E-state index contributed by atoms with van der Waals surface area (Å²) in [5.74, 6) is 0.442. The lowest BCUT2D eigenvalue weighted by Crippen LogP contribution is -2.55. The summed E-state index contributed by atoms with van der Waals surface area (Å²) in [5, 5.41) is 0. The summed E-state index contributed by atoms with van der Waals surface area (Å²) in [6.45, 7) is 6.75. The molecule has 1 amide bonds. The second-order valence-electron chi connectivity index (χ2n) is 8.05. The lowest BCUT2D eigenvalue weighted by atomic mass is 9.87. The van der Waals surface area contributed by atoms with E-state index >= 15 is 0 Å². The van der Waals surface area contributed by atoms with Crippen molar-refractivity contribution in [2.75, 3.05) is 32.7 Å². The average molecular weight is 357 g/mol. The first kappa shape index (κ1) is 18.0. The number of rotatable bonds is 4. The Hall–Kier alpha value is -1.43. The van der Waals surface area contributed by atoms with Gasteiger partial charge >= 0.3 is 0 Å². The zero-order valence-electron chi connectivity index (χ0n) is 15.9. The molecule has 0 saturated carbocycles. The third kappa shape index (κ3) is 3.66. The quantitative estimate of drug-likeness (QED) is 0.860. The molecular weight excluding hydrogens is 324 g/mol. The van der Waals surface area contributed by atoms with Crippen LogP contribution in [0.2, 0.25) is 0 Å². The zero-order valence-corrected chi connectivity index (χ0v) is 15.9. The molecule has 1 aromatic rings. The van der Waals surface area contributed by atoms with Gasteiger partial charge in [-0.2, -0.15) is 0 Å². The van der Waals surface area contributed by atoms with Crippen molar-refractivity contribution < 1.29 is 4.79 Å². The number of piperazine rings is 1. The molecule has 3 atom stereocenters. The topological polar surface area (TPSA) is 47.6 Å². The van der Waals surface area contributed by atoms with Crippen LogP contribution in [0, 0.1) is 5.92 Å². The second kappa shape index (κ2) is 8.07. The van der Waals surface area contributed by atoms with Crippen LogP contribution >= 0.6 is 0 Å². The highest BCUT2D eigenvalue weighted by Crippen LogP contribution is 2.26. The highest BCUT2D eigenvalue weighted by molar-refractivity contribution is 5.80. The summed E-state index contributed by atoms with van der Waals surface area (Å²) in [6, 6.07) is 9.81.